The van der Waals surface area contributed by atoms with Gasteiger partial charge in [0.25, 0.3) is 0 Å². The van der Waals surface area contributed by atoms with Gasteiger partial charge in [-0.2, -0.15) is 5.10 Å². The summed E-state index contributed by atoms with van der Waals surface area (Å²) in [6, 6.07) is 6.37. The van der Waals surface area contributed by atoms with Crippen molar-refractivity contribution >= 4 is 40.0 Å². The number of nitrogens with zero attached hydrogens (tertiary/aromatic N) is 4. The van der Waals surface area contributed by atoms with Crippen molar-refractivity contribution in [2.45, 2.75) is 20.0 Å². The number of hydrogen-bond acceptors (Lipinski definition) is 4. The lowest BCUT2D eigenvalue weighted by Crippen LogP contribution is -2.37. The minimum atomic E-state index is -0.476. The van der Waals surface area contributed by atoms with Crippen LogP contribution in [-0.2, 0) is 17.9 Å². The topological polar surface area (TPSA) is 78.8 Å². The van der Waals surface area contributed by atoms with E-state index in [4.69, 9.17) is 16.7 Å². The molecule has 0 spiro atoms. The molecule has 7 nitrogen and oxygen atoms in total. The van der Waals surface area contributed by atoms with Crippen LogP contribution in [0.3, 0.4) is 0 Å². The molecule has 1 amide bonds. The largest absolute Gasteiger partial charge is 0.346 e. The van der Waals surface area contributed by atoms with Gasteiger partial charge < -0.3 is 15.2 Å². The maximum absolute atomic E-state index is 14.6. The first-order chi connectivity index (χ1) is 15.5. The highest BCUT2D eigenvalue weighted by Gasteiger charge is 2.28. The quantitative estimate of drug-likeness (QED) is 0.438. The van der Waals surface area contributed by atoms with Crippen molar-refractivity contribution in [3.05, 3.63) is 71.4 Å². The fraction of sp³-hybridized carbons (Fsp3) is 0.174. The van der Waals surface area contributed by atoms with Crippen LogP contribution in [0, 0.1) is 12.7 Å². The fourth-order valence-electron chi connectivity index (χ4n) is 4.15. The number of carbonyl (C=O) groups is 1. The molecule has 1 aromatic carbocycles. The molecule has 1 aliphatic heterocycles. The van der Waals surface area contributed by atoms with Gasteiger partial charge in [-0.25, -0.2) is 9.37 Å². The standard InChI is InChI=1S/C23H20ClFN6O/c1-3-19(32)30-8-9-31-18(12-30)21(15-6-7-26-22-20(15)13(2)11-27-22)23(29-31)28-17-5-4-14(24)10-16(17)25/h3-7,10-11H,1,8-9,12H2,2H3,(H,26,27)(H,28,29). The monoisotopic (exact) mass is 450 g/mol. The Balaban J connectivity index is 1.71. The van der Waals surface area contributed by atoms with Gasteiger partial charge in [0.2, 0.25) is 5.91 Å². The van der Waals surface area contributed by atoms with Gasteiger partial charge in [0.05, 0.1) is 30.0 Å². The lowest BCUT2D eigenvalue weighted by atomic mass is 10.00. The molecule has 3 aromatic heterocycles. The molecule has 0 bridgehead atoms. The molecular weight excluding hydrogens is 431 g/mol. The SMILES string of the molecule is C=CC(=O)N1CCn2nc(Nc3ccc(Cl)cc3F)c(-c3ccnc4[nH]cc(C)c34)c2C1. The van der Waals surface area contributed by atoms with Crippen LogP contribution in [-0.4, -0.2) is 37.1 Å². The van der Waals surface area contributed by atoms with Crippen LogP contribution in [0.25, 0.3) is 22.2 Å². The van der Waals surface area contributed by atoms with Crippen molar-refractivity contribution in [1.82, 2.24) is 24.6 Å². The number of H-pyrrole nitrogens is 1. The Kier molecular flexibility index (Phi) is 4.94. The summed E-state index contributed by atoms with van der Waals surface area (Å²) in [6.07, 6.45) is 4.94. The van der Waals surface area contributed by atoms with Crippen molar-refractivity contribution < 1.29 is 9.18 Å². The van der Waals surface area contributed by atoms with E-state index in [1.165, 1.54) is 12.1 Å². The fourth-order valence-corrected chi connectivity index (χ4v) is 4.31. The zero-order chi connectivity index (χ0) is 22.4. The number of amides is 1. The number of aromatic nitrogens is 4. The zero-order valence-electron chi connectivity index (χ0n) is 17.3. The molecule has 162 valence electrons. The average molecular weight is 451 g/mol. The van der Waals surface area contributed by atoms with Crippen molar-refractivity contribution in [3.63, 3.8) is 0 Å². The second kappa shape index (κ2) is 7.80. The van der Waals surface area contributed by atoms with Crippen LogP contribution in [0.15, 0.2) is 49.3 Å². The minimum Gasteiger partial charge on any atom is -0.346 e. The summed E-state index contributed by atoms with van der Waals surface area (Å²) >= 11 is 5.92. The highest BCUT2D eigenvalue weighted by molar-refractivity contribution is 6.30. The van der Waals surface area contributed by atoms with E-state index in [9.17, 15) is 9.18 Å². The summed E-state index contributed by atoms with van der Waals surface area (Å²) in [5, 5.41) is 9.14. The van der Waals surface area contributed by atoms with Gasteiger partial charge in [-0.15, -0.1) is 0 Å². The van der Waals surface area contributed by atoms with Gasteiger partial charge in [-0.1, -0.05) is 18.2 Å². The number of fused-ring (bicyclic) bond motifs is 2. The summed E-state index contributed by atoms with van der Waals surface area (Å²) < 4.78 is 16.4. The number of rotatable bonds is 4. The zero-order valence-corrected chi connectivity index (χ0v) is 18.1. The van der Waals surface area contributed by atoms with Crippen molar-refractivity contribution in [1.29, 1.82) is 0 Å². The van der Waals surface area contributed by atoms with E-state index in [1.54, 1.807) is 23.2 Å². The summed E-state index contributed by atoms with van der Waals surface area (Å²) in [4.78, 5) is 21.6. The van der Waals surface area contributed by atoms with Crippen LogP contribution >= 0.6 is 11.6 Å². The number of hydrogen-bond donors (Lipinski definition) is 2. The first kappa shape index (κ1) is 20.3. The van der Waals surface area contributed by atoms with Crippen LogP contribution in [0.2, 0.25) is 5.02 Å². The molecule has 2 N–H and O–H groups in total. The molecule has 4 aromatic rings. The first-order valence-electron chi connectivity index (χ1n) is 10.1. The maximum Gasteiger partial charge on any atom is 0.246 e. The van der Waals surface area contributed by atoms with Crippen LogP contribution in [0.4, 0.5) is 15.9 Å². The van der Waals surface area contributed by atoms with Crippen LogP contribution < -0.4 is 5.32 Å². The lowest BCUT2D eigenvalue weighted by Gasteiger charge is -2.27. The van der Waals surface area contributed by atoms with Crippen LogP contribution in [0.5, 0.6) is 0 Å². The molecule has 9 heteroatoms. The molecule has 0 unspecified atom stereocenters. The summed E-state index contributed by atoms with van der Waals surface area (Å²) in [5.74, 6) is -0.114. The average Bonchev–Trinajstić information content (AvgIpc) is 3.35. The number of halogens is 2. The summed E-state index contributed by atoms with van der Waals surface area (Å²) in [7, 11) is 0. The van der Waals surface area contributed by atoms with E-state index in [0.29, 0.717) is 30.5 Å². The molecule has 0 saturated heterocycles. The van der Waals surface area contributed by atoms with Gasteiger partial charge in [0.15, 0.2) is 5.82 Å². The van der Waals surface area contributed by atoms with Gasteiger partial charge in [0.1, 0.15) is 11.5 Å². The molecule has 0 aliphatic carbocycles. The highest BCUT2D eigenvalue weighted by Crippen LogP contribution is 2.40. The van der Waals surface area contributed by atoms with E-state index >= 15 is 0 Å². The Morgan fingerprint density at radius 2 is 2.19 bits per heavy atom. The lowest BCUT2D eigenvalue weighted by molar-refractivity contribution is -0.127. The van der Waals surface area contributed by atoms with Gasteiger partial charge in [0, 0.05) is 34.9 Å². The molecule has 1 aliphatic rings. The Morgan fingerprint density at radius 1 is 1.34 bits per heavy atom. The van der Waals surface area contributed by atoms with Gasteiger partial charge in [-0.05, 0) is 42.8 Å². The molecule has 0 fully saturated rings. The number of nitrogens with one attached hydrogen (secondary N) is 2. The third-order valence-electron chi connectivity index (χ3n) is 5.69. The predicted octanol–water partition coefficient (Wildman–Crippen LogP) is 4.80. The molecule has 0 saturated carbocycles. The van der Waals surface area contributed by atoms with E-state index in [1.807, 2.05) is 23.9 Å². The molecular formula is C23H20ClFN6O. The summed E-state index contributed by atoms with van der Waals surface area (Å²) in [6.45, 7) is 7.01. The predicted molar refractivity (Wildman–Crippen MR) is 122 cm³/mol. The van der Waals surface area contributed by atoms with E-state index in [2.05, 4.69) is 21.9 Å². The second-order valence-corrected chi connectivity index (χ2v) is 8.10. The number of benzene rings is 1. The van der Waals surface area contributed by atoms with Crippen LogP contribution in [0.1, 0.15) is 11.3 Å². The third-order valence-corrected chi connectivity index (χ3v) is 5.93. The van der Waals surface area contributed by atoms with Gasteiger partial charge >= 0.3 is 0 Å². The smallest absolute Gasteiger partial charge is 0.246 e. The Morgan fingerprint density at radius 3 is 2.97 bits per heavy atom. The maximum atomic E-state index is 14.6. The molecule has 0 radical (unpaired) electrons. The number of aromatic amines is 1. The molecule has 4 heterocycles. The number of carbonyl (C=O) groups excluding carboxylic acids is 1. The van der Waals surface area contributed by atoms with Gasteiger partial charge in [-0.3, -0.25) is 9.48 Å². The molecule has 32 heavy (non-hydrogen) atoms. The Bertz CT molecular complexity index is 1370. The number of aryl methyl sites for hydroxylation is 1. The van der Waals surface area contributed by atoms with Crippen molar-refractivity contribution in [2.75, 3.05) is 11.9 Å². The third kappa shape index (κ3) is 3.33. The Labute approximate surface area is 188 Å². The van der Waals surface area contributed by atoms with E-state index < -0.39 is 5.82 Å². The minimum absolute atomic E-state index is 0.139. The van der Waals surface area contributed by atoms with E-state index in [0.717, 1.165) is 33.4 Å². The molecule has 0 atom stereocenters. The highest BCUT2D eigenvalue weighted by atomic mass is 35.5. The Hall–Kier alpha value is -3.65. The second-order valence-electron chi connectivity index (χ2n) is 7.66. The van der Waals surface area contributed by atoms with E-state index in [-0.39, 0.29) is 11.6 Å². The number of pyridine rings is 1. The first-order valence-corrected chi connectivity index (χ1v) is 10.5. The summed E-state index contributed by atoms with van der Waals surface area (Å²) in [5.41, 5.74) is 4.60. The number of anilines is 2. The van der Waals surface area contributed by atoms with Crippen molar-refractivity contribution in [3.8, 4) is 11.1 Å². The molecule has 5 rings (SSSR count). The van der Waals surface area contributed by atoms with Crippen molar-refractivity contribution in [2.24, 2.45) is 0 Å². The normalized spacial score (nSPS) is 13.3.